The van der Waals surface area contributed by atoms with E-state index in [1.807, 2.05) is 27.0 Å². The molecule has 0 spiro atoms. The minimum Gasteiger partial charge on any atom is -0.385 e. The van der Waals surface area contributed by atoms with E-state index in [2.05, 4.69) is 49.7 Å². The number of nitrogens with zero attached hydrogens (tertiary/aromatic N) is 3. The first-order valence-corrected chi connectivity index (χ1v) is 7.71. The number of hydrogen-bond acceptors (Lipinski definition) is 4. The number of aliphatic imine (C=N–C) groups is 1. The van der Waals surface area contributed by atoms with Gasteiger partial charge in [0.1, 0.15) is 5.76 Å². The van der Waals surface area contributed by atoms with Crippen LogP contribution >= 0.6 is 0 Å². The van der Waals surface area contributed by atoms with E-state index in [4.69, 9.17) is 4.84 Å². The number of likely N-dealkylation sites (N-methyl/N-ethyl adjacent to an activating group) is 2. The van der Waals surface area contributed by atoms with Crippen molar-refractivity contribution in [3.8, 4) is 0 Å². The maximum absolute atomic E-state index is 5.07. The second-order valence-corrected chi connectivity index (χ2v) is 6.11. The Kier molecular flexibility index (Phi) is 6.89. The molecule has 3 rings (SSSR count). The third kappa shape index (κ3) is 6.59. The van der Waals surface area contributed by atoms with E-state index in [0.717, 1.165) is 31.0 Å². The molecule has 0 unspecified atom stereocenters. The summed E-state index contributed by atoms with van der Waals surface area (Å²) in [7, 11) is 3.90. The topological polar surface area (TPSA) is 28.1 Å². The normalized spacial score (nSPS) is 19.3. The average Bonchev–Trinajstić information content (AvgIpc) is 3.04. The van der Waals surface area contributed by atoms with Gasteiger partial charge in [0.05, 0.1) is 12.2 Å². The lowest BCUT2D eigenvalue weighted by atomic mass is 10.2. The highest BCUT2D eigenvalue weighted by Crippen LogP contribution is 2.16. The highest BCUT2D eigenvalue weighted by molar-refractivity contribution is 5.86. The molecule has 0 fully saturated rings. The third-order valence-electron chi connectivity index (χ3n) is 3.59. The van der Waals surface area contributed by atoms with Crippen LogP contribution in [0.1, 0.15) is 27.2 Å². The van der Waals surface area contributed by atoms with Crippen molar-refractivity contribution in [3.63, 3.8) is 0 Å². The monoisotopic (exact) mass is 315 g/mol. The molecule has 0 aliphatic carbocycles. The molecule has 4 nitrogen and oxygen atoms in total. The minimum atomic E-state index is 0.867. The van der Waals surface area contributed by atoms with Gasteiger partial charge in [0.15, 0.2) is 0 Å². The van der Waals surface area contributed by atoms with Crippen molar-refractivity contribution in [2.24, 2.45) is 4.99 Å². The zero-order valence-corrected chi connectivity index (χ0v) is 15.1. The van der Waals surface area contributed by atoms with Crippen LogP contribution in [-0.2, 0) is 4.84 Å². The van der Waals surface area contributed by atoms with Crippen molar-refractivity contribution in [2.45, 2.75) is 27.2 Å². The van der Waals surface area contributed by atoms with Crippen LogP contribution in [0.25, 0.3) is 0 Å². The number of rotatable bonds is 0. The molecule has 3 aliphatic heterocycles. The van der Waals surface area contributed by atoms with Gasteiger partial charge in [-0.05, 0) is 32.4 Å². The zero-order valence-electron chi connectivity index (χ0n) is 15.1. The van der Waals surface area contributed by atoms with Crippen LogP contribution in [0.2, 0.25) is 0 Å². The van der Waals surface area contributed by atoms with Crippen LogP contribution < -0.4 is 0 Å². The molecule has 0 saturated heterocycles. The third-order valence-corrected chi connectivity index (χ3v) is 3.59. The van der Waals surface area contributed by atoms with Crippen LogP contribution in [0.5, 0.6) is 0 Å². The molecule has 3 aliphatic rings. The fourth-order valence-electron chi connectivity index (χ4n) is 2.23. The average molecular weight is 315 g/mol. The highest BCUT2D eigenvalue weighted by Gasteiger charge is 2.08. The van der Waals surface area contributed by atoms with Gasteiger partial charge < -0.3 is 9.74 Å². The van der Waals surface area contributed by atoms with Crippen molar-refractivity contribution in [1.29, 1.82) is 0 Å². The molecule has 3 heterocycles. The van der Waals surface area contributed by atoms with Gasteiger partial charge in [-0.15, -0.1) is 0 Å². The number of hydrogen-bond donors (Lipinski definition) is 0. The standard InChI is InChI=1S/C7H11N.C6H9NO.C6H9N/c1-6-4-7(2)8(3)5-6;1-5-4-6(2)8-7(5)3;1-5-3-6(2)7-4-5/h4H,1,5H2,2-3H3;4H,1H2,2-3H3;1,3-4H2,2H3. The SMILES string of the molecule is C=C1C=C(C)N(C)C1.C=C1C=C(C)ON1C.C=C1CN=C(C)C1. The van der Waals surface area contributed by atoms with Gasteiger partial charge in [0.25, 0.3) is 0 Å². The van der Waals surface area contributed by atoms with Crippen molar-refractivity contribution >= 4 is 5.71 Å². The van der Waals surface area contributed by atoms with Gasteiger partial charge in [-0.2, -0.15) is 0 Å². The van der Waals surface area contributed by atoms with Gasteiger partial charge in [-0.3, -0.25) is 4.99 Å². The first-order chi connectivity index (χ1) is 10.7. The Bertz CT molecular complexity index is 581. The smallest absolute Gasteiger partial charge is 0.131 e. The predicted octanol–water partition coefficient (Wildman–Crippen LogP) is 4.08. The summed E-state index contributed by atoms with van der Waals surface area (Å²) in [6.45, 7) is 19.2. The summed E-state index contributed by atoms with van der Waals surface area (Å²) in [5.41, 5.74) is 5.91. The van der Waals surface area contributed by atoms with Gasteiger partial charge in [0, 0.05) is 44.5 Å². The lowest BCUT2D eigenvalue weighted by Gasteiger charge is -2.10. The first-order valence-electron chi connectivity index (χ1n) is 7.71. The molecule has 0 aromatic carbocycles. The summed E-state index contributed by atoms with van der Waals surface area (Å²) in [4.78, 5) is 11.4. The van der Waals surface area contributed by atoms with E-state index < -0.39 is 0 Å². The summed E-state index contributed by atoms with van der Waals surface area (Å²) < 4.78 is 0. The Balaban J connectivity index is 0.000000173. The Morgan fingerprint density at radius 1 is 1.09 bits per heavy atom. The van der Waals surface area contributed by atoms with Gasteiger partial charge >= 0.3 is 0 Å². The summed E-state index contributed by atoms with van der Waals surface area (Å²) in [6.07, 6.45) is 5.03. The molecule has 0 atom stereocenters. The molecule has 0 bridgehead atoms. The molecule has 0 aromatic rings. The largest absolute Gasteiger partial charge is 0.385 e. The molecule has 0 amide bonds. The fourth-order valence-corrected chi connectivity index (χ4v) is 2.23. The van der Waals surface area contributed by atoms with Crippen LogP contribution in [0.4, 0.5) is 0 Å². The maximum atomic E-state index is 5.07. The molecule has 23 heavy (non-hydrogen) atoms. The minimum absolute atomic E-state index is 0.867. The summed E-state index contributed by atoms with van der Waals surface area (Å²) >= 11 is 0. The van der Waals surface area contributed by atoms with Crippen molar-refractivity contribution in [3.05, 3.63) is 60.2 Å². The van der Waals surface area contributed by atoms with Crippen LogP contribution in [0.3, 0.4) is 0 Å². The molecule has 0 N–H and O–H groups in total. The van der Waals surface area contributed by atoms with Crippen molar-refractivity contribution in [1.82, 2.24) is 9.96 Å². The van der Waals surface area contributed by atoms with Crippen LogP contribution in [-0.4, -0.2) is 42.9 Å². The Labute approximate surface area is 140 Å². The van der Waals surface area contributed by atoms with Crippen LogP contribution in [0, 0.1) is 0 Å². The van der Waals surface area contributed by atoms with Gasteiger partial charge in [-0.1, -0.05) is 25.3 Å². The molecular weight excluding hydrogens is 286 g/mol. The quantitative estimate of drug-likeness (QED) is 0.631. The van der Waals surface area contributed by atoms with E-state index in [9.17, 15) is 0 Å². The van der Waals surface area contributed by atoms with E-state index >= 15 is 0 Å². The summed E-state index contributed by atoms with van der Waals surface area (Å²) in [6, 6.07) is 0. The van der Waals surface area contributed by atoms with E-state index in [1.54, 1.807) is 5.06 Å². The van der Waals surface area contributed by atoms with Gasteiger partial charge in [0.2, 0.25) is 0 Å². The molecule has 0 saturated carbocycles. The molecular formula is C19H29N3O. The first kappa shape index (κ1) is 18.8. The van der Waals surface area contributed by atoms with E-state index in [-0.39, 0.29) is 0 Å². The van der Waals surface area contributed by atoms with Gasteiger partial charge in [-0.25, -0.2) is 5.06 Å². The van der Waals surface area contributed by atoms with Crippen molar-refractivity contribution < 1.29 is 4.84 Å². The molecule has 126 valence electrons. The zero-order chi connectivity index (χ0) is 17.6. The fraction of sp³-hybridized carbons (Fsp3) is 0.421. The second-order valence-electron chi connectivity index (χ2n) is 6.11. The lowest BCUT2D eigenvalue weighted by Crippen LogP contribution is -2.10. The summed E-state index contributed by atoms with van der Waals surface area (Å²) in [5.74, 6) is 0.900. The maximum Gasteiger partial charge on any atom is 0.131 e. The van der Waals surface area contributed by atoms with E-state index in [1.165, 1.54) is 22.6 Å². The molecule has 4 heteroatoms. The Morgan fingerprint density at radius 2 is 1.74 bits per heavy atom. The molecule has 0 aromatic heterocycles. The second kappa shape index (κ2) is 8.42. The Hall–Kier alpha value is -2.23. The number of allylic oxidation sites excluding steroid dienone is 3. The van der Waals surface area contributed by atoms with E-state index in [0.29, 0.717) is 0 Å². The predicted molar refractivity (Wildman–Crippen MR) is 99.0 cm³/mol. The van der Waals surface area contributed by atoms with Crippen LogP contribution in [0.15, 0.2) is 65.2 Å². The van der Waals surface area contributed by atoms with Crippen molar-refractivity contribution in [2.75, 3.05) is 27.2 Å². The highest BCUT2D eigenvalue weighted by atomic mass is 16.7. The lowest BCUT2D eigenvalue weighted by molar-refractivity contribution is -0.0423. The number of hydroxylamine groups is 2. The summed E-state index contributed by atoms with van der Waals surface area (Å²) in [5, 5.41) is 1.63. The molecule has 0 radical (unpaired) electrons. The Morgan fingerprint density at radius 3 is 1.87 bits per heavy atom.